The Bertz CT molecular complexity index is 761. The number of nitrogens with two attached hydrogens (primary N) is 1. The van der Waals surface area contributed by atoms with Gasteiger partial charge in [0.1, 0.15) is 5.84 Å². The van der Waals surface area contributed by atoms with E-state index < -0.39 is 0 Å². The Morgan fingerprint density at radius 3 is 2.92 bits per heavy atom. The smallest absolute Gasteiger partial charge is 0.226 e. The molecule has 1 atom stereocenters. The summed E-state index contributed by atoms with van der Waals surface area (Å²) in [6, 6.07) is 11.9. The summed E-state index contributed by atoms with van der Waals surface area (Å²) in [4.78, 5) is 20.9. The van der Waals surface area contributed by atoms with Crippen molar-refractivity contribution in [1.29, 1.82) is 0 Å². The van der Waals surface area contributed by atoms with Crippen LogP contribution in [0.2, 0.25) is 0 Å². The number of hydrogen-bond donors (Lipinski definition) is 2. The first-order valence-electron chi connectivity index (χ1n) is 7.78. The van der Waals surface area contributed by atoms with Gasteiger partial charge in [0, 0.05) is 17.5 Å². The number of nitrogens with zero attached hydrogens (tertiary/aromatic N) is 2. The second kappa shape index (κ2) is 7.49. The molecule has 0 aliphatic carbocycles. The van der Waals surface area contributed by atoms with Crippen molar-refractivity contribution in [2.24, 2.45) is 10.7 Å². The van der Waals surface area contributed by atoms with Crippen LogP contribution in [0, 0.1) is 0 Å². The highest BCUT2D eigenvalue weighted by Gasteiger charge is 2.17. The Kier molecular flexibility index (Phi) is 5.15. The molecule has 1 aliphatic rings. The van der Waals surface area contributed by atoms with Crippen LogP contribution in [0.1, 0.15) is 28.4 Å². The van der Waals surface area contributed by atoms with Gasteiger partial charge in [-0.05, 0) is 23.4 Å². The zero-order chi connectivity index (χ0) is 16.9. The van der Waals surface area contributed by atoms with Crippen molar-refractivity contribution in [3.05, 3.63) is 65.0 Å². The predicted molar refractivity (Wildman–Crippen MR) is 98.1 cm³/mol. The molecule has 2 heterocycles. The Labute approximate surface area is 145 Å². The molecule has 0 unspecified atom stereocenters. The molecular weight excluding hydrogens is 320 g/mol. The highest BCUT2D eigenvalue weighted by molar-refractivity contribution is 7.98. The van der Waals surface area contributed by atoms with Gasteiger partial charge in [0.25, 0.3) is 0 Å². The molecule has 5 nitrogen and oxygen atoms in total. The number of amidine groups is 1. The summed E-state index contributed by atoms with van der Waals surface area (Å²) in [6.45, 7) is 0.567. The van der Waals surface area contributed by atoms with Crippen LogP contribution in [0.15, 0.2) is 47.6 Å². The number of aromatic nitrogens is 1. The van der Waals surface area contributed by atoms with E-state index in [-0.39, 0.29) is 18.4 Å². The second-order valence-corrected chi connectivity index (χ2v) is 6.61. The number of carbonyl (C=O) groups is 1. The molecule has 6 heteroatoms. The number of rotatable bonds is 6. The topological polar surface area (TPSA) is 80.4 Å². The molecule has 0 spiro atoms. The molecule has 24 heavy (non-hydrogen) atoms. The fourth-order valence-corrected chi connectivity index (χ4v) is 3.35. The van der Waals surface area contributed by atoms with E-state index in [0.29, 0.717) is 12.4 Å². The van der Waals surface area contributed by atoms with Gasteiger partial charge in [-0.25, -0.2) is 0 Å². The summed E-state index contributed by atoms with van der Waals surface area (Å²) in [5.74, 6) is 1.33. The van der Waals surface area contributed by atoms with Crippen LogP contribution in [-0.2, 0) is 17.8 Å². The molecule has 3 N–H and O–H groups in total. The SMILES string of the molecule is CSC[C@@H](NC(=O)Cc1cc2c(cn1)C(N)=NC2)c1ccccc1. The van der Waals surface area contributed by atoms with Gasteiger partial charge in [-0.2, -0.15) is 11.8 Å². The van der Waals surface area contributed by atoms with Crippen LogP contribution >= 0.6 is 11.8 Å². The summed E-state index contributed by atoms with van der Waals surface area (Å²) in [5.41, 5.74) is 9.56. The minimum absolute atomic E-state index is 0.00195. The molecule has 1 aromatic carbocycles. The summed E-state index contributed by atoms with van der Waals surface area (Å²) in [6.07, 6.45) is 4.00. The van der Waals surface area contributed by atoms with Crippen LogP contribution in [0.4, 0.5) is 0 Å². The maximum atomic E-state index is 12.4. The number of thioether (sulfide) groups is 1. The van der Waals surface area contributed by atoms with Crippen molar-refractivity contribution in [2.45, 2.75) is 19.0 Å². The lowest BCUT2D eigenvalue weighted by molar-refractivity contribution is -0.121. The number of fused-ring (bicyclic) bond motifs is 1. The van der Waals surface area contributed by atoms with E-state index in [1.54, 1.807) is 18.0 Å². The molecule has 1 amide bonds. The quantitative estimate of drug-likeness (QED) is 0.843. The van der Waals surface area contributed by atoms with Crippen molar-refractivity contribution < 1.29 is 4.79 Å². The van der Waals surface area contributed by atoms with Gasteiger partial charge in [-0.15, -0.1) is 0 Å². The first-order chi connectivity index (χ1) is 11.7. The second-order valence-electron chi connectivity index (χ2n) is 5.70. The fourth-order valence-electron chi connectivity index (χ4n) is 2.74. The van der Waals surface area contributed by atoms with Crippen molar-refractivity contribution in [3.63, 3.8) is 0 Å². The third kappa shape index (κ3) is 3.76. The monoisotopic (exact) mass is 340 g/mol. The molecule has 3 rings (SSSR count). The van der Waals surface area contributed by atoms with Crippen molar-refractivity contribution >= 4 is 23.5 Å². The van der Waals surface area contributed by atoms with E-state index in [4.69, 9.17) is 5.73 Å². The zero-order valence-electron chi connectivity index (χ0n) is 13.5. The maximum absolute atomic E-state index is 12.4. The fraction of sp³-hybridized carbons (Fsp3) is 0.278. The Morgan fingerprint density at radius 2 is 2.17 bits per heavy atom. The van der Waals surface area contributed by atoms with Gasteiger partial charge in [0.05, 0.1) is 24.7 Å². The molecule has 1 aliphatic heterocycles. The van der Waals surface area contributed by atoms with Crippen LogP contribution in [0.5, 0.6) is 0 Å². The van der Waals surface area contributed by atoms with Crippen LogP contribution in [-0.4, -0.2) is 28.7 Å². The molecule has 0 saturated heterocycles. The van der Waals surface area contributed by atoms with Gasteiger partial charge in [0.2, 0.25) is 5.91 Å². The lowest BCUT2D eigenvalue weighted by Crippen LogP contribution is -2.31. The average Bonchev–Trinajstić information content (AvgIpc) is 2.96. The lowest BCUT2D eigenvalue weighted by Gasteiger charge is -2.18. The van der Waals surface area contributed by atoms with E-state index >= 15 is 0 Å². The summed E-state index contributed by atoms with van der Waals surface area (Å²) < 4.78 is 0. The predicted octanol–water partition coefficient (Wildman–Crippen LogP) is 2.06. The highest BCUT2D eigenvalue weighted by atomic mass is 32.2. The summed E-state index contributed by atoms with van der Waals surface area (Å²) >= 11 is 1.71. The Hall–Kier alpha value is -2.34. The Balaban J connectivity index is 1.66. The first kappa shape index (κ1) is 16.5. The van der Waals surface area contributed by atoms with Crippen molar-refractivity contribution in [2.75, 3.05) is 12.0 Å². The molecule has 124 valence electrons. The van der Waals surface area contributed by atoms with E-state index in [9.17, 15) is 4.79 Å². The zero-order valence-corrected chi connectivity index (χ0v) is 14.3. The van der Waals surface area contributed by atoms with Crippen molar-refractivity contribution in [3.8, 4) is 0 Å². The molecule has 0 fully saturated rings. The normalized spacial score (nSPS) is 14.0. The van der Waals surface area contributed by atoms with Gasteiger partial charge >= 0.3 is 0 Å². The number of pyridine rings is 1. The maximum Gasteiger partial charge on any atom is 0.226 e. The van der Waals surface area contributed by atoms with Crippen LogP contribution < -0.4 is 11.1 Å². The van der Waals surface area contributed by atoms with Crippen molar-refractivity contribution in [1.82, 2.24) is 10.3 Å². The van der Waals surface area contributed by atoms with Gasteiger partial charge in [-0.1, -0.05) is 30.3 Å². The van der Waals surface area contributed by atoms with E-state index in [1.807, 2.05) is 42.7 Å². The number of nitrogens with one attached hydrogen (secondary N) is 1. The lowest BCUT2D eigenvalue weighted by atomic mass is 10.1. The summed E-state index contributed by atoms with van der Waals surface area (Å²) in [7, 11) is 0. The number of amides is 1. The standard InChI is InChI=1S/C18H20N4OS/c1-24-11-16(12-5-3-2-4-6-12)22-17(23)8-14-7-13-9-21-18(19)15(13)10-20-14/h2-7,10,16H,8-9,11H2,1H3,(H2,19,21)(H,22,23)/t16-/m1/s1. The number of hydrogen-bond acceptors (Lipinski definition) is 5. The van der Waals surface area contributed by atoms with Gasteiger partial charge in [0.15, 0.2) is 0 Å². The van der Waals surface area contributed by atoms with E-state index in [1.165, 1.54) is 0 Å². The third-order valence-electron chi connectivity index (χ3n) is 3.95. The van der Waals surface area contributed by atoms with Gasteiger partial charge in [-0.3, -0.25) is 14.8 Å². The number of benzene rings is 1. The van der Waals surface area contributed by atoms with Gasteiger partial charge < -0.3 is 11.1 Å². The largest absolute Gasteiger partial charge is 0.383 e. The molecular formula is C18H20N4OS. The number of aliphatic imine (C=N–C) groups is 1. The minimum atomic E-state index is -0.0303. The average molecular weight is 340 g/mol. The molecule has 1 aromatic heterocycles. The number of carbonyl (C=O) groups excluding carboxylic acids is 1. The van der Waals surface area contributed by atoms with E-state index in [0.717, 1.165) is 28.1 Å². The van der Waals surface area contributed by atoms with Crippen LogP contribution in [0.3, 0.4) is 0 Å². The molecule has 0 saturated carbocycles. The molecule has 0 radical (unpaired) electrons. The van der Waals surface area contributed by atoms with Crippen LogP contribution in [0.25, 0.3) is 0 Å². The van der Waals surface area contributed by atoms with E-state index in [2.05, 4.69) is 15.3 Å². The highest BCUT2D eigenvalue weighted by Crippen LogP contribution is 2.19. The Morgan fingerprint density at radius 1 is 1.38 bits per heavy atom. The molecule has 2 aromatic rings. The first-order valence-corrected chi connectivity index (χ1v) is 9.18. The third-order valence-corrected chi connectivity index (χ3v) is 4.62. The minimum Gasteiger partial charge on any atom is -0.383 e. The summed E-state index contributed by atoms with van der Waals surface area (Å²) in [5, 5.41) is 3.11. The molecule has 0 bridgehead atoms.